The molecule has 0 atom stereocenters. The van der Waals surface area contributed by atoms with Crippen molar-refractivity contribution in [2.45, 2.75) is 93.4 Å². The van der Waals surface area contributed by atoms with E-state index in [1.807, 2.05) is 0 Å². The van der Waals surface area contributed by atoms with Crippen LogP contribution < -0.4 is 0 Å². The summed E-state index contributed by atoms with van der Waals surface area (Å²) in [4.78, 5) is 0. The molecule has 0 unspecified atom stereocenters. The van der Waals surface area contributed by atoms with Crippen LogP contribution in [0.4, 0.5) is 0 Å². The summed E-state index contributed by atoms with van der Waals surface area (Å²) in [6.45, 7) is 15.6. The average molecular weight is 429 g/mol. The van der Waals surface area contributed by atoms with Crippen LogP contribution in [-0.4, -0.2) is 4.70 Å². The number of hydrogen-bond donors (Lipinski definition) is 0. The number of hydrogen-bond acceptors (Lipinski definition) is 0. The fraction of sp³-hybridized carbons (Fsp3) is 0.467. The van der Waals surface area contributed by atoms with Crippen LogP contribution in [0.3, 0.4) is 0 Å². The van der Waals surface area contributed by atoms with Gasteiger partial charge in [0.15, 0.2) is 0 Å². The van der Waals surface area contributed by atoms with Crippen LogP contribution in [0.5, 0.6) is 0 Å². The van der Waals surface area contributed by atoms with Crippen LogP contribution in [0, 0.1) is 13.8 Å². The van der Waals surface area contributed by atoms with Gasteiger partial charge in [0.2, 0.25) is 11.4 Å². The maximum Gasteiger partial charge on any atom is 0.210 e. The molecule has 0 saturated heterocycles. The van der Waals surface area contributed by atoms with Crippen molar-refractivity contribution in [2.24, 2.45) is 0 Å². The molecule has 2 nitrogen and oxygen atoms in total. The molecule has 170 valence electrons. The van der Waals surface area contributed by atoms with E-state index in [1.165, 1.54) is 43.7 Å². The molecule has 0 spiro atoms. The lowest BCUT2D eigenvalue weighted by molar-refractivity contribution is -0.344. The second-order valence-corrected chi connectivity index (χ2v) is 9.07. The van der Waals surface area contributed by atoms with Crippen molar-refractivity contribution in [3.05, 3.63) is 86.0 Å². The minimum absolute atomic E-state index is 0.909. The van der Waals surface area contributed by atoms with Crippen molar-refractivity contribution >= 4 is 11.4 Å². The molecule has 0 fully saturated rings. The minimum atomic E-state index is 0.909. The maximum absolute atomic E-state index is 11.5. The van der Waals surface area contributed by atoms with Crippen LogP contribution >= 0.6 is 0 Å². The number of allylic oxidation sites excluding steroid dienone is 2. The lowest BCUT2D eigenvalue weighted by Crippen LogP contribution is -2.06. The fourth-order valence-electron chi connectivity index (χ4n) is 5.06. The monoisotopic (exact) mass is 428 g/mol. The summed E-state index contributed by atoms with van der Waals surface area (Å²) in [5.74, 6) is 0. The molecule has 0 amide bonds. The van der Waals surface area contributed by atoms with Crippen molar-refractivity contribution in [1.82, 2.24) is 0 Å². The molecule has 32 heavy (non-hydrogen) atoms. The third-order valence-electron chi connectivity index (χ3n) is 7.19. The van der Waals surface area contributed by atoms with E-state index in [0.29, 0.717) is 0 Å². The summed E-state index contributed by atoms with van der Waals surface area (Å²) in [6, 6.07) is 9.13. The van der Waals surface area contributed by atoms with Gasteiger partial charge < -0.3 is 5.53 Å². The van der Waals surface area contributed by atoms with E-state index in [2.05, 4.69) is 78.8 Å². The fourth-order valence-corrected chi connectivity index (χ4v) is 5.06. The Kier molecular flexibility index (Phi) is 7.87. The zero-order chi connectivity index (χ0) is 23.4. The molecule has 0 bridgehead atoms. The zero-order valence-corrected chi connectivity index (χ0v) is 21.2. The Labute approximate surface area is 195 Å². The first-order chi connectivity index (χ1) is 15.4. The van der Waals surface area contributed by atoms with Gasteiger partial charge in [0.05, 0.1) is 0 Å². The summed E-state index contributed by atoms with van der Waals surface area (Å²) in [7, 11) is 0. The molecule has 2 aromatic rings. The summed E-state index contributed by atoms with van der Waals surface area (Å²) >= 11 is 0. The maximum atomic E-state index is 11.5. The van der Waals surface area contributed by atoms with Crippen LogP contribution in [-0.2, 0) is 25.7 Å². The SMILES string of the molecule is CCCCC1=C(c2cc(CC)c(C)c(CC)c2)[N+](=[N-])C(c2cc(CC)c(C)c(CC)c2)=C1. The van der Waals surface area contributed by atoms with E-state index >= 15 is 0 Å². The largest absolute Gasteiger partial charge is 0.493 e. The van der Waals surface area contributed by atoms with Gasteiger partial charge in [-0.15, -0.1) is 0 Å². The highest BCUT2D eigenvalue weighted by atomic mass is 15.2. The molecule has 0 aromatic heterocycles. The van der Waals surface area contributed by atoms with Gasteiger partial charge in [0, 0.05) is 22.8 Å². The Bertz CT molecular complexity index is 1030. The Morgan fingerprint density at radius 3 is 1.53 bits per heavy atom. The van der Waals surface area contributed by atoms with Crippen molar-refractivity contribution < 1.29 is 4.70 Å². The van der Waals surface area contributed by atoms with Gasteiger partial charge in [-0.3, -0.25) is 0 Å². The third kappa shape index (κ3) is 4.51. The molecule has 1 aliphatic heterocycles. The van der Waals surface area contributed by atoms with Gasteiger partial charge in [-0.25, -0.2) is 4.70 Å². The number of aryl methyl sites for hydroxylation is 4. The highest BCUT2D eigenvalue weighted by Gasteiger charge is 2.30. The van der Waals surface area contributed by atoms with E-state index in [1.54, 1.807) is 0 Å². The molecule has 2 aromatic carbocycles. The summed E-state index contributed by atoms with van der Waals surface area (Å²) < 4.78 is 1.47. The van der Waals surface area contributed by atoms with Crippen LogP contribution in [0.15, 0.2) is 35.9 Å². The van der Waals surface area contributed by atoms with Gasteiger partial charge in [-0.1, -0.05) is 41.0 Å². The van der Waals surface area contributed by atoms with Crippen molar-refractivity contribution in [1.29, 1.82) is 0 Å². The minimum Gasteiger partial charge on any atom is -0.493 e. The lowest BCUT2D eigenvalue weighted by atomic mass is 9.93. The zero-order valence-electron chi connectivity index (χ0n) is 21.2. The van der Waals surface area contributed by atoms with Gasteiger partial charge in [0.25, 0.3) is 0 Å². The predicted molar refractivity (Wildman–Crippen MR) is 138 cm³/mol. The third-order valence-corrected chi connectivity index (χ3v) is 7.19. The molecular weight excluding hydrogens is 388 g/mol. The number of unbranched alkanes of at least 4 members (excludes halogenated alkanes) is 1. The van der Waals surface area contributed by atoms with Crippen LogP contribution in [0.2, 0.25) is 0 Å². The van der Waals surface area contributed by atoms with Crippen LogP contribution in [0.25, 0.3) is 16.9 Å². The smallest absolute Gasteiger partial charge is 0.210 e. The molecular formula is C30H40N2. The average Bonchev–Trinajstić information content (AvgIpc) is 3.14. The van der Waals surface area contributed by atoms with E-state index in [0.717, 1.165) is 67.5 Å². The standard InChI is InChI=1S/C30H40N2/c1-8-13-14-26-19-29(27-15-22(9-2)20(6)23(10-3)16-27)32(31)30(26)28-17-24(11-4)21(7)25(12-5)18-28/h15-19H,8-14H2,1-7H3. The quantitative estimate of drug-likeness (QED) is 0.358. The Hall–Kier alpha value is -2.48. The van der Waals surface area contributed by atoms with Crippen molar-refractivity contribution in [2.75, 3.05) is 0 Å². The molecule has 2 heteroatoms. The molecule has 0 aliphatic carbocycles. The Morgan fingerprint density at radius 1 is 0.688 bits per heavy atom. The van der Waals surface area contributed by atoms with Crippen molar-refractivity contribution in [3.8, 4) is 0 Å². The molecule has 3 rings (SSSR count). The highest BCUT2D eigenvalue weighted by Crippen LogP contribution is 2.39. The number of rotatable bonds is 9. The molecule has 1 heterocycles. The van der Waals surface area contributed by atoms with Crippen molar-refractivity contribution in [3.63, 3.8) is 0 Å². The van der Waals surface area contributed by atoms with Crippen LogP contribution in [0.1, 0.15) is 98.4 Å². The van der Waals surface area contributed by atoms with E-state index in [4.69, 9.17) is 0 Å². The number of nitrogens with zero attached hydrogens (tertiary/aromatic N) is 2. The molecule has 0 radical (unpaired) electrons. The first-order valence-electron chi connectivity index (χ1n) is 12.6. The Morgan fingerprint density at radius 2 is 1.12 bits per heavy atom. The normalized spacial score (nSPS) is 13.8. The highest BCUT2D eigenvalue weighted by molar-refractivity contribution is 5.79. The predicted octanol–water partition coefficient (Wildman–Crippen LogP) is 8.54. The van der Waals surface area contributed by atoms with E-state index in [9.17, 15) is 5.53 Å². The second kappa shape index (κ2) is 10.4. The van der Waals surface area contributed by atoms with E-state index in [-0.39, 0.29) is 0 Å². The Balaban J connectivity index is 2.15. The first-order valence-corrected chi connectivity index (χ1v) is 12.6. The summed E-state index contributed by atoms with van der Waals surface area (Å²) in [5.41, 5.74) is 25.2. The molecule has 0 N–H and O–H groups in total. The molecule has 0 saturated carbocycles. The molecule has 1 aliphatic rings. The lowest BCUT2D eigenvalue weighted by Gasteiger charge is -2.16. The second-order valence-electron chi connectivity index (χ2n) is 9.07. The number of benzene rings is 2. The summed E-state index contributed by atoms with van der Waals surface area (Å²) in [5, 5.41) is 0. The summed E-state index contributed by atoms with van der Waals surface area (Å²) in [6.07, 6.45) is 9.50. The van der Waals surface area contributed by atoms with Gasteiger partial charge >= 0.3 is 0 Å². The first kappa shape index (κ1) is 24.2. The van der Waals surface area contributed by atoms with Gasteiger partial charge in [-0.2, -0.15) is 0 Å². The van der Waals surface area contributed by atoms with Gasteiger partial charge in [-0.05, 0) is 110 Å². The van der Waals surface area contributed by atoms with Gasteiger partial charge in [0.1, 0.15) is 0 Å². The van der Waals surface area contributed by atoms with E-state index < -0.39 is 0 Å². The topological polar surface area (TPSA) is 25.3 Å².